The topological polar surface area (TPSA) is 589 Å². The summed E-state index contributed by atoms with van der Waals surface area (Å²) < 4.78 is 0. The van der Waals surface area contributed by atoms with Crippen LogP contribution in [0.2, 0.25) is 0 Å². The average Bonchev–Trinajstić information content (AvgIpc) is 1.65. The number of aromatic hydroxyl groups is 1. The smallest absolute Gasteiger partial charge is 0.246 e. The third-order valence-electron chi connectivity index (χ3n) is 25.1. The molecule has 3 aromatic carbocycles. The van der Waals surface area contributed by atoms with E-state index in [1.165, 1.54) is 80.9 Å². The fourth-order valence-corrected chi connectivity index (χ4v) is 18.3. The SMILES string of the molecule is CCCC[C@H]1C(=O)N(C)[C@@H](CCCC)C(=O)N[C@@H](Cc2ccccn2)C(=O)N[C@H](C(=O)NCC(N)=O)CSCC(=O)N[C@@H](Cc2ccc(O)cc2)C(=O)N(C)[C@@H](C)C(=O)N[C@@H](CC(N)=O)C(=O)N2CCC[C@H]2C(=O)N[C@@H](Cc2cnc[nH]2)C(=O)N[C@@H](CC(C)C)C(=O)N2C[C@H](O)C[C@H]2C(=O)C[C@@H](Cc2c[nH]c3ccccc23)C(=O)N[C@@H](CO)C(=O)C[C@@H](Cc2c[nH]c3ccccc23)C(=O)N1C. The number of phenolic OH excluding ortho intramolecular Hbond substituents is 1. The molecule has 7 heterocycles. The highest BCUT2D eigenvalue weighted by Gasteiger charge is 2.47. The number of likely N-dealkylation sites (N-methyl/N-ethyl adjacent to an activating group) is 3. The number of unbranched alkanes of at least 4 members (excludes halogenated alkanes) is 2. The Bertz CT molecular complexity index is 5400. The Morgan fingerprint density at radius 3 is 1.77 bits per heavy atom. The molecule has 136 heavy (non-hydrogen) atoms. The molecular formula is C95H126N20O20S. The first kappa shape index (κ1) is 105. The maximum absolute atomic E-state index is 15.9. The molecule has 0 radical (unpaired) electrons. The second-order valence-corrected chi connectivity index (χ2v) is 36.7. The van der Waals surface area contributed by atoms with Crippen molar-refractivity contribution in [3.63, 3.8) is 0 Å². The monoisotopic (exact) mass is 1900 g/mol. The van der Waals surface area contributed by atoms with Gasteiger partial charge in [0.15, 0.2) is 11.6 Å². The minimum Gasteiger partial charge on any atom is -0.508 e. The van der Waals surface area contributed by atoms with E-state index in [2.05, 4.69) is 67.5 Å². The van der Waals surface area contributed by atoms with E-state index in [4.69, 9.17) is 11.5 Å². The quantitative estimate of drug-likeness (QED) is 0.0394. The highest BCUT2D eigenvalue weighted by Crippen LogP contribution is 2.32. The lowest BCUT2D eigenvalue weighted by atomic mass is 9.88. The van der Waals surface area contributed by atoms with Crippen molar-refractivity contribution in [3.8, 4) is 5.75 Å². The van der Waals surface area contributed by atoms with E-state index in [1.54, 1.807) is 80.8 Å². The molecule has 3 fully saturated rings. The fraction of sp³-hybridized carbons (Fsp3) is 0.505. The number of amides is 15. The van der Waals surface area contributed by atoms with Crippen LogP contribution in [0.3, 0.4) is 0 Å². The number of primary amides is 2. The van der Waals surface area contributed by atoms with E-state index in [0.717, 1.165) is 26.5 Å². The van der Waals surface area contributed by atoms with Gasteiger partial charge < -0.3 is 109 Å². The molecule has 3 aliphatic rings. The first-order valence-corrected chi connectivity index (χ1v) is 47.2. The Labute approximate surface area is 791 Å². The molecule has 15 atom stereocenters. The number of hydrogen-bond donors (Lipinski definition) is 16. The van der Waals surface area contributed by atoms with Crippen molar-refractivity contribution in [2.75, 3.05) is 58.9 Å². The van der Waals surface area contributed by atoms with Crippen LogP contribution in [0, 0.1) is 17.8 Å². The van der Waals surface area contributed by atoms with Crippen molar-refractivity contribution in [2.45, 2.75) is 229 Å². The number of thioether (sulfide) groups is 1. The molecule has 0 aliphatic carbocycles. The number of Topliss-reactive ketones (excluding diaryl/α,β-unsaturated/α-hetero) is 2. The van der Waals surface area contributed by atoms with Gasteiger partial charge in [0.2, 0.25) is 88.6 Å². The van der Waals surface area contributed by atoms with Crippen molar-refractivity contribution in [3.05, 3.63) is 150 Å². The summed E-state index contributed by atoms with van der Waals surface area (Å²) >= 11 is 0.780. The van der Waals surface area contributed by atoms with Gasteiger partial charge >= 0.3 is 0 Å². The zero-order valence-corrected chi connectivity index (χ0v) is 78.5. The number of imidazole rings is 1. The number of hydrogen-bond acceptors (Lipinski definition) is 23. The van der Waals surface area contributed by atoms with Crippen LogP contribution < -0.4 is 54.0 Å². The molecule has 10 rings (SSSR count). The molecule has 0 unspecified atom stereocenters. The van der Waals surface area contributed by atoms with E-state index < -0.39 is 241 Å². The molecule has 4 aromatic heterocycles. The number of H-pyrrole nitrogens is 3. The number of ketones is 2. The molecule has 3 aliphatic heterocycles. The molecule has 732 valence electrons. The normalized spacial score (nSPS) is 24.8. The van der Waals surface area contributed by atoms with Crippen molar-refractivity contribution >= 4 is 134 Å². The molecule has 3 saturated heterocycles. The number of nitrogens with one attached hydrogen (secondary N) is 11. The van der Waals surface area contributed by atoms with Crippen LogP contribution in [0.15, 0.2) is 122 Å². The number of aromatic amines is 3. The number of carbonyl (C=O) groups excluding carboxylic acids is 17. The number of nitrogens with two attached hydrogens (primary N) is 2. The standard InChI is InChI=1S/C95H126N20O20S/c1-9-11-25-75-89(129)105-68(40-60-20-17-18-32-99-60)88(128)110-74(86(126)102-47-82(97)122)50-136-51-83(123)104-71(35-55-28-30-62(117)31-29-55)92(132)111(6)54(5)84(124)107-72(43-81(96)121)93(133)114-33-19-27-76(114)90(130)106-69(41-61-46-98-52-103-61)87(127)108-70(34-53(3)4)94(134)115-48-63(118)42-78(115)80(120)38-56(36-58-44-100-66-23-15-13-21-64(58)66)85(125)109-73(49-116)79(119)39-57(37-59-45-101-67-24-16-14-22-65(59)67)91(131)113(8)77(26-12-10-2)95(135)112(75)7/h13-18,20-24,28-32,44-46,52-54,56-57,63,68-78,100-101,116-118H,9-12,19,25-27,33-43,47-51H2,1-8H3,(H2,96,121)(H2,97,122)(H,98,103)(H,102,126)(H,104,123)(H,105,129)(H,106,130)(H,107,124)(H,108,127)(H,109,125)(H,110,128)/t54-,56+,57+,63+,68-,69-,70-,71-,72-,73-,74-,75-,76-,77-,78-/m0/s1. The lowest BCUT2D eigenvalue weighted by Crippen LogP contribution is -2.60. The summed E-state index contributed by atoms with van der Waals surface area (Å²) in [5, 5.41) is 55.8. The van der Waals surface area contributed by atoms with Crippen molar-refractivity contribution in [1.29, 1.82) is 0 Å². The van der Waals surface area contributed by atoms with E-state index >= 15 is 43.2 Å². The highest BCUT2D eigenvalue weighted by atomic mass is 32.2. The van der Waals surface area contributed by atoms with E-state index in [1.807, 2.05) is 26.0 Å². The second-order valence-electron chi connectivity index (χ2n) is 35.6. The van der Waals surface area contributed by atoms with Crippen LogP contribution >= 0.6 is 11.8 Å². The predicted molar refractivity (Wildman–Crippen MR) is 501 cm³/mol. The number of aliphatic hydroxyl groups excluding tert-OH is 2. The Morgan fingerprint density at radius 2 is 1.15 bits per heavy atom. The van der Waals surface area contributed by atoms with Crippen LogP contribution in [0.5, 0.6) is 5.75 Å². The van der Waals surface area contributed by atoms with Gasteiger partial charge in [0.1, 0.15) is 72.2 Å². The number of aliphatic hydroxyl groups is 2. The van der Waals surface area contributed by atoms with E-state index in [0.29, 0.717) is 69.9 Å². The van der Waals surface area contributed by atoms with Gasteiger partial charge in [-0.2, -0.15) is 0 Å². The first-order valence-electron chi connectivity index (χ1n) is 46.0. The minimum absolute atomic E-state index is 0.00624. The molecular weight excluding hydrogens is 1770 g/mol. The highest BCUT2D eigenvalue weighted by molar-refractivity contribution is 8.00. The zero-order valence-electron chi connectivity index (χ0n) is 77.7. The van der Waals surface area contributed by atoms with Gasteiger partial charge in [0, 0.05) is 148 Å². The molecule has 18 N–H and O–H groups in total. The summed E-state index contributed by atoms with van der Waals surface area (Å²) in [6.07, 6.45) is 4.48. The number of aromatic nitrogens is 5. The number of carbonyl (C=O) groups is 17. The lowest BCUT2D eigenvalue weighted by Gasteiger charge is -2.36. The van der Waals surface area contributed by atoms with Crippen molar-refractivity contribution < 1.29 is 96.8 Å². The van der Waals surface area contributed by atoms with Gasteiger partial charge in [0.25, 0.3) is 0 Å². The number of fused-ring (bicyclic) bond motifs is 4. The number of nitrogens with zero attached hydrogens (tertiary/aromatic N) is 7. The van der Waals surface area contributed by atoms with Crippen molar-refractivity contribution in [2.24, 2.45) is 29.2 Å². The Morgan fingerprint density at radius 1 is 0.566 bits per heavy atom. The molecule has 0 spiro atoms. The van der Waals surface area contributed by atoms with Gasteiger partial charge in [-0.15, -0.1) is 11.8 Å². The first-order chi connectivity index (χ1) is 64.9. The van der Waals surface area contributed by atoms with Crippen LogP contribution in [-0.4, -0.2) is 302 Å². The summed E-state index contributed by atoms with van der Waals surface area (Å²) in [5.74, 6) is -19.2. The van der Waals surface area contributed by atoms with Gasteiger partial charge in [-0.25, -0.2) is 4.98 Å². The molecule has 41 heteroatoms. The third-order valence-corrected chi connectivity index (χ3v) is 26.1. The summed E-state index contributed by atoms with van der Waals surface area (Å²) in [4.78, 5) is 275. The minimum atomic E-state index is -1.77. The number of benzene rings is 3. The summed E-state index contributed by atoms with van der Waals surface area (Å²) in [6.45, 7) is 6.30. The van der Waals surface area contributed by atoms with Crippen LogP contribution in [0.4, 0.5) is 0 Å². The largest absolute Gasteiger partial charge is 0.508 e. The van der Waals surface area contributed by atoms with Crippen molar-refractivity contribution in [1.82, 2.24) is 92.0 Å². The maximum Gasteiger partial charge on any atom is 0.246 e. The molecule has 15 amide bonds. The van der Waals surface area contributed by atoms with Crippen LogP contribution in [-0.2, 0) is 114 Å². The number of rotatable bonds is 24. The van der Waals surface area contributed by atoms with E-state index in [-0.39, 0.29) is 94.5 Å². The second kappa shape index (κ2) is 49.7. The van der Waals surface area contributed by atoms with Gasteiger partial charge in [0.05, 0.1) is 43.8 Å². The molecule has 0 bridgehead atoms. The van der Waals surface area contributed by atoms with E-state index in [9.17, 15) is 53.7 Å². The Kier molecular flexibility index (Phi) is 38.2. The zero-order chi connectivity index (χ0) is 98.7. The maximum atomic E-state index is 15.9. The Hall–Kier alpha value is -13.4. The molecule has 7 aromatic rings. The average molecular weight is 1900 g/mol. The fourth-order valence-electron chi connectivity index (χ4n) is 17.5. The number of pyridine rings is 1. The van der Waals surface area contributed by atoms with Gasteiger partial charge in [-0.1, -0.05) is 108 Å². The predicted octanol–water partition coefficient (Wildman–Crippen LogP) is 0.627. The third kappa shape index (κ3) is 28.3. The summed E-state index contributed by atoms with van der Waals surface area (Å²) in [7, 11) is 4.01. The summed E-state index contributed by atoms with van der Waals surface area (Å²) in [6, 6.07) is 6.58. The molecule has 0 saturated carbocycles. The van der Waals surface area contributed by atoms with Gasteiger partial charge in [-0.3, -0.25) is 86.5 Å². The van der Waals surface area contributed by atoms with Crippen LogP contribution in [0.25, 0.3) is 21.8 Å². The number of para-hydroxylation sites is 2. The lowest BCUT2D eigenvalue weighted by molar-refractivity contribution is -0.150. The number of phenols is 1. The summed E-state index contributed by atoms with van der Waals surface area (Å²) in [5.41, 5.74) is 14.7. The molecule has 40 nitrogen and oxygen atoms in total. The van der Waals surface area contributed by atoms with Gasteiger partial charge in [-0.05, 0) is 111 Å². The Balaban J connectivity index is 1.02. The van der Waals surface area contributed by atoms with Crippen LogP contribution in [0.1, 0.15) is 146 Å².